The SMILES string of the molecule is CC(=O)Nc1cc(NC2CCCC2(C)C)ccc1F. The lowest BCUT2D eigenvalue weighted by atomic mass is 9.87. The summed E-state index contributed by atoms with van der Waals surface area (Å²) in [6.45, 7) is 5.87. The molecule has 3 nitrogen and oxygen atoms in total. The van der Waals surface area contributed by atoms with E-state index < -0.39 is 5.82 Å². The number of nitrogens with one attached hydrogen (secondary N) is 2. The van der Waals surface area contributed by atoms with Gasteiger partial charge in [0, 0.05) is 18.7 Å². The molecule has 19 heavy (non-hydrogen) atoms. The van der Waals surface area contributed by atoms with Gasteiger partial charge in [-0.05, 0) is 36.5 Å². The highest BCUT2D eigenvalue weighted by Crippen LogP contribution is 2.39. The largest absolute Gasteiger partial charge is 0.382 e. The topological polar surface area (TPSA) is 41.1 Å². The first-order valence-corrected chi connectivity index (χ1v) is 6.72. The van der Waals surface area contributed by atoms with Gasteiger partial charge in [-0.3, -0.25) is 4.79 Å². The van der Waals surface area contributed by atoms with E-state index in [9.17, 15) is 9.18 Å². The number of halogens is 1. The number of anilines is 2. The smallest absolute Gasteiger partial charge is 0.221 e. The van der Waals surface area contributed by atoms with E-state index in [2.05, 4.69) is 24.5 Å². The van der Waals surface area contributed by atoms with Crippen LogP contribution in [0.25, 0.3) is 0 Å². The maximum atomic E-state index is 13.6. The van der Waals surface area contributed by atoms with Gasteiger partial charge in [0.2, 0.25) is 5.91 Å². The Balaban J connectivity index is 2.15. The van der Waals surface area contributed by atoms with Crippen LogP contribution in [0.1, 0.15) is 40.0 Å². The molecule has 0 bridgehead atoms. The number of hydrogen-bond acceptors (Lipinski definition) is 2. The summed E-state index contributed by atoms with van der Waals surface area (Å²) in [6, 6.07) is 5.15. The summed E-state index contributed by atoms with van der Waals surface area (Å²) in [5.74, 6) is -0.677. The summed E-state index contributed by atoms with van der Waals surface area (Å²) in [5, 5.41) is 5.96. The molecule has 0 radical (unpaired) electrons. The van der Waals surface area contributed by atoms with Gasteiger partial charge >= 0.3 is 0 Å². The number of hydrogen-bond donors (Lipinski definition) is 2. The maximum absolute atomic E-state index is 13.6. The number of benzene rings is 1. The Hall–Kier alpha value is -1.58. The second-order valence-electron chi connectivity index (χ2n) is 5.95. The minimum atomic E-state index is -0.411. The van der Waals surface area contributed by atoms with Crippen molar-refractivity contribution in [1.29, 1.82) is 0 Å². The highest BCUT2D eigenvalue weighted by Gasteiger charge is 2.34. The molecule has 0 aliphatic heterocycles. The van der Waals surface area contributed by atoms with Gasteiger partial charge in [0.05, 0.1) is 5.69 Å². The molecule has 2 rings (SSSR count). The van der Waals surface area contributed by atoms with Gasteiger partial charge in [-0.2, -0.15) is 0 Å². The van der Waals surface area contributed by atoms with Crippen LogP contribution in [0.4, 0.5) is 15.8 Å². The van der Waals surface area contributed by atoms with Gasteiger partial charge in [-0.1, -0.05) is 20.3 Å². The van der Waals surface area contributed by atoms with Crippen LogP contribution < -0.4 is 10.6 Å². The van der Waals surface area contributed by atoms with Crippen molar-refractivity contribution < 1.29 is 9.18 Å². The predicted molar refractivity (Wildman–Crippen MR) is 75.7 cm³/mol. The Bertz CT molecular complexity index is 485. The first-order chi connectivity index (χ1) is 8.88. The van der Waals surface area contributed by atoms with E-state index in [4.69, 9.17) is 0 Å². The summed E-state index contributed by atoms with van der Waals surface area (Å²) in [4.78, 5) is 11.0. The molecule has 1 aliphatic carbocycles. The monoisotopic (exact) mass is 264 g/mol. The molecule has 1 amide bonds. The van der Waals surface area contributed by atoms with Crippen molar-refractivity contribution in [2.75, 3.05) is 10.6 Å². The van der Waals surface area contributed by atoms with Crippen molar-refractivity contribution in [3.63, 3.8) is 0 Å². The minimum Gasteiger partial charge on any atom is -0.382 e. The summed E-state index contributed by atoms with van der Waals surface area (Å²) in [7, 11) is 0. The van der Waals surface area contributed by atoms with Crippen LogP contribution in [0.15, 0.2) is 18.2 Å². The Labute approximate surface area is 113 Å². The highest BCUT2D eigenvalue weighted by molar-refractivity contribution is 5.89. The number of carbonyl (C=O) groups is 1. The van der Waals surface area contributed by atoms with Gasteiger partial charge < -0.3 is 10.6 Å². The average Bonchev–Trinajstić information content (AvgIpc) is 2.62. The van der Waals surface area contributed by atoms with E-state index in [1.807, 2.05) is 0 Å². The molecule has 2 N–H and O–H groups in total. The lowest BCUT2D eigenvalue weighted by Crippen LogP contribution is -2.30. The predicted octanol–water partition coefficient (Wildman–Crippen LogP) is 3.77. The number of amides is 1. The maximum Gasteiger partial charge on any atom is 0.221 e. The van der Waals surface area contributed by atoms with Gasteiger partial charge in [-0.25, -0.2) is 4.39 Å². The molecule has 104 valence electrons. The van der Waals surface area contributed by atoms with Crippen LogP contribution in [0.5, 0.6) is 0 Å². The second-order valence-corrected chi connectivity index (χ2v) is 5.95. The summed E-state index contributed by atoms with van der Waals surface area (Å²) < 4.78 is 13.6. The third-order valence-electron chi connectivity index (χ3n) is 3.88. The fourth-order valence-corrected chi connectivity index (χ4v) is 2.70. The third-order valence-corrected chi connectivity index (χ3v) is 3.88. The number of rotatable bonds is 3. The van der Waals surface area contributed by atoms with E-state index in [1.54, 1.807) is 12.1 Å². The molecule has 1 aromatic rings. The molecular weight excluding hydrogens is 243 g/mol. The second kappa shape index (κ2) is 5.19. The van der Waals surface area contributed by atoms with Crippen LogP contribution in [0.2, 0.25) is 0 Å². The first-order valence-electron chi connectivity index (χ1n) is 6.72. The lowest BCUT2D eigenvalue weighted by molar-refractivity contribution is -0.114. The molecule has 1 saturated carbocycles. The molecule has 1 aromatic carbocycles. The fourth-order valence-electron chi connectivity index (χ4n) is 2.70. The third kappa shape index (κ3) is 3.25. The average molecular weight is 264 g/mol. The van der Waals surface area contributed by atoms with E-state index in [1.165, 1.54) is 25.8 Å². The van der Waals surface area contributed by atoms with E-state index >= 15 is 0 Å². The van der Waals surface area contributed by atoms with Crippen LogP contribution in [-0.2, 0) is 4.79 Å². The summed E-state index contributed by atoms with van der Waals surface area (Å²) >= 11 is 0. The number of carbonyl (C=O) groups excluding carboxylic acids is 1. The van der Waals surface area contributed by atoms with Gasteiger partial charge in [-0.15, -0.1) is 0 Å². The summed E-state index contributed by atoms with van der Waals surface area (Å²) in [6.07, 6.45) is 3.54. The minimum absolute atomic E-state index is 0.230. The van der Waals surface area contributed by atoms with Crippen molar-refractivity contribution in [3.05, 3.63) is 24.0 Å². The van der Waals surface area contributed by atoms with Crippen molar-refractivity contribution in [3.8, 4) is 0 Å². The van der Waals surface area contributed by atoms with Crippen molar-refractivity contribution in [2.24, 2.45) is 5.41 Å². The highest BCUT2D eigenvalue weighted by atomic mass is 19.1. The Morgan fingerprint density at radius 2 is 2.16 bits per heavy atom. The van der Waals surface area contributed by atoms with Gasteiger partial charge in [0.15, 0.2) is 0 Å². The van der Waals surface area contributed by atoms with Gasteiger partial charge in [0.1, 0.15) is 5.82 Å². The zero-order valence-electron chi connectivity index (χ0n) is 11.7. The van der Waals surface area contributed by atoms with E-state index in [0.717, 1.165) is 12.1 Å². The van der Waals surface area contributed by atoms with Crippen LogP contribution >= 0.6 is 0 Å². The molecule has 0 aromatic heterocycles. The Morgan fingerprint density at radius 1 is 1.42 bits per heavy atom. The summed E-state index contributed by atoms with van der Waals surface area (Å²) in [5.41, 5.74) is 1.33. The first kappa shape index (κ1) is 13.8. The normalized spacial score (nSPS) is 21.2. The fraction of sp³-hybridized carbons (Fsp3) is 0.533. The molecule has 1 aliphatic rings. The zero-order valence-corrected chi connectivity index (χ0v) is 11.7. The van der Waals surface area contributed by atoms with Crippen LogP contribution in [0, 0.1) is 11.2 Å². The molecule has 1 unspecified atom stereocenters. The van der Waals surface area contributed by atoms with E-state index in [-0.39, 0.29) is 17.0 Å². The van der Waals surface area contributed by atoms with Crippen LogP contribution in [-0.4, -0.2) is 11.9 Å². The molecule has 1 fully saturated rings. The van der Waals surface area contributed by atoms with Crippen LogP contribution in [0.3, 0.4) is 0 Å². The Morgan fingerprint density at radius 3 is 2.74 bits per heavy atom. The molecule has 1 atom stereocenters. The lowest BCUT2D eigenvalue weighted by Gasteiger charge is -2.29. The van der Waals surface area contributed by atoms with Gasteiger partial charge in [0.25, 0.3) is 0 Å². The molecule has 0 saturated heterocycles. The zero-order chi connectivity index (χ0) is 14.0. The Kier molecular flexibility index (Phi) is 3.78. The van der Waals surface area contributed by atoms with Crippen molar-refractivity contribution in [1.82, 2.24) is 0 Å². The quantitative estimate of drug-likeness (QED) is 0.872. The van der Waals surface area contributed by atoms with Crippen molar-refractivity contribution >= 4 is 17.3 Å². The molecule has 0 spiro atoms. The standard InChI is InChI=1S/C15H21FN2O/c1-10(19)17-13-9-11(6-7-12(13)16)18-14-5-4-8-15(14,2)3/h6-7,9,14,18H,4-5,8H2,1-3H3,(H,17,19). The van der Waals surface area contributed by atoms with Crippen molar-refractivity contribution in [2.45, 2.75) is 46.1 Å². The molecule has 0 heterocycles. The molecular formula is C15H21FN2O. The van der Waals surface area contributed by atoms with E-state index in [0.29, 0.717) is 6.04 Å². The molecule has 4 heteroatoms.